The molecule has 0 saturated carbocycles. The lowest BCUT2D eigenvalue weighted by molar-refractivity contribution is -0.384. The number of rotatable bonds is 5. The first kappa shape index (κ1) is 17.1. The van der Waals surface area contributed by atoms with Crippen molar-refractivity contribution in [3.63, 3.8) is 0 Å². The van der Waals surface area contributed by atoms with E-state index >= 15 is 0 Å². The number of nitro groups is 1. The van der Waals surface area contributed by atoms with Crippen LogP contribution in [0.1, 0.15) is 26.3 Å². The predicted molar refractivity (Wildman–Crippen MR) is 80.0 cm³/mol. The molecule has 0 radical (unpaired) electrons. The van der Waals surface area contributed by atoms with E-state index in [2.05, 4.69) is 4.74 Å². The Morgan fingerprint density at radius 2 is 1.67 bits per heavy atom. The van der Waals surface area contributed by atoms with E-state index in [4.69, 9.17) is 4.74 Å². The zero-order chi connectivity index (χ0) is 17.7. The molecule has 2 aromatic carbocycles. The summed E-state index contributed by atoms with van der Waals surface area (Å²) in [4.78, 5) is 33.8. The normalized spacial score (nSPS) is 10.1. The molecule has 2 aromatic rings. The molecular formula is C16H12FNO6. The second-order valence-electron chi connectivity index (χ2n) is 4.72. The molecule has 0 aliphatic rings. The molecule has 0 unspecified atom stereocenters. The number of esters is 2. The van der Waals surface area contributed by atoms with Crippen LogP contribution in [0.25, 0.3) is 0 Å². The van der Waals surface area contributed by atoms with Gasteiger partial charge in [-0.3, -0.25) is 10.1 Å². The maximum absolute atomic E-state index is 12.8. The average molecular weight is 333 g/mol. The number of non-ortho nitro benzene ring substituents is 1. The molecule has 0 atom stereocenters. The van der Waals surface area contributed by atoms with Crippen LogP contribution < -0.4 is 0 Å². The average Bonchev–Trinajstić information content (AvgIpc) is 2.59. The molecular weight excluding hydrogens is 321 g/mol. The summed E-state index contributed by atoms with van der Waals surface area (Å²) in [7, 11) is 1.12. The van der Waals surface area contributed by atoms with Gasteiger partial charge in [0.15, 0.2) is 0 Å². The summed E-state index contributed by atoms with van der Waals surface area (Å²) in [5.74, 6) is -2.09. The third-order valence-electron chi connectivity index (χ3n) is 3.07. The van der Waals surface area contributed by atoms with Gasteiger partial charge in [-0.2, -0.15) is 0 Å². The van der Waals surface area contributed by atoms with Crippen LogP contribution in [-0.4, -0.2) is 24.0 Å². The Hall–Kier alpha value is -3.29. The minimum Gasteiger partial charge on any atom is -0.465 e. The van der Waals surface area contributed by atoms with Gasteiger partial charge >= 0.3 is 11.9 Å². The second-order valence-corrected chi connectivity index (χ2v) is 4.72. The van der Waals surface area contributed by atoms with Crippen LogP contribution in [0.3, 0.4) is 0 Å². The van der Waals surface area contributed by atoms with E-state index in [0.717, 1.165) is 25.3 Å². The molecule has 0 aromatic heterocycles. The van der Waals surface area contributed by atoms with Gasteiger partial charge in [0.05, 0.1) is 23.2 Å². The molecule has 0 heterocycles. The quantitative estimate of drug-likeness (QED) is 0.474. The highest BCUT2D eigenvalue weighted by Gasteiger charge is 2.19. The molecule has 8 heteroatoms. The minimum absolute atomic E-state index is 0.138. The number of hydrogen-bond donors (Lipinski definition) is 0. The monoisotopic (exact) mass is 333 g/mol. The molecule has 0 fully saturated rings. The highest BCUT2D eigenvalue weighted by atomic mass is 19.1. The summed E-state index contributed by atoms with van der Waals surface area (Å²) in [6.07, 6.45) is 0. The molecule has 24 heavy (non-hydrogen) atoms. The Morgan fingerprint density at radius 1 is 1.08 bits per heavy atom. The summed E-state index contributed by atoms with van der Waals surface area (Å²) >= 11 is 0. The summed E-state index contributed by atoms with van der Waals surface area (Å²) < 4.78 is 22.3. The van der Waals surface area contributed by atoms with Crippen LogP contribution in [0.15, 0.2) is 42.5 Å². The Balaban J connectivity index is 2.21. The highest BCUT2D eigenvalue weighted by molar-refractivity contribution is 5.96. The maximum Gasteiger partial charge on any atom is 0.338 e. The molecule has 7 nitrogen and oxygen atoms in total. The first-order valence-corrected chi connectivity index (χ1v) is 6.70. The number of methoxy groups -OCH3 is 1. The van der Waals surface area contributed by atoms with Crippen molar-refractivity contribution in [2.75, 3.05) is 7.11 Å². The van der Waals surface area contributed by atoms with Crippen molar-refractivity contribution < 1.29 is 28.4 Å². The standard InChI is InChI=1S/C16H12FNO6/c1-23-15(19)11-6-12(8-14(7-11)18(21)22)16(20)24-9-10-2-4-13(17)5-3-10/h2-8H,9H2,1H3. The van der Waals surface area contributed by atoms with Gasteiger partial charge in [-0.1, -0.05) is 12.1 Å². The Morgan fingerprint density at radius 3 is 2.21 bits per heavy atom. The van der Waals surface area contributed by atoms with E-state index < -0.39 is 28.4 Å². The molecule has 124 valence electrons. The van der Waals surface area contributed by atoms with E-state index in [0.29, 0.717) is 5.56 Å². The Labute approximate surface area is 135 Å². The van der Waals surface area contributed by atoms with Gasteiger partial charge in [-0.25, -0.2) is 14.0 Å². The van der Waals surface area contributed by atoms with Crippen molar-refractivity contribution in [3.8, 4) is 0 Å². The van der Waals surface area contributed by atoms with Crippen LogP contribution in [0.4, 0.5) is 10.1 Å². The van der Waals surface area contributed by atoms with Crippen LogP contribution in [0.5, 0.6) is 0 Å². The zero-order valence-corrected chi connectivity index (χ0v) is 12.5. The highest BCUT2D eigenvalue weighted by Crippen LogP contribution is 2.19. The van der Waals surface area contributed by atoms with Gasteiger partial charge in [-0.05, 0) is 23.8 Å². The summed E-state index contributed by atoms with van der Waals surface area (Å²) in [5.41, 5.74) is -0.192. The lowest BCUT2D eigenvalue weighted by Gasteiger charge is -2.07. The van der Waals surface area contributed by atoms with E-state index in [9.17, 15) is 24.1 Å². The molecule has 0 amide bonds. The van der Waals surface area contributed by atoms with Gasteiger partial charge in [0.25, 0.3) is 5.69 Å². The molecule has 0 spiro atoms. The van der Waals surface area contributed by atoms with Crippen molar-refractivity contribution in [2.24, 2.45) is 0 Å². The largest absolute Gasteiger partial charge is 0.465 e. The topological polar surface area (TPSA) is 95.7 Å². The summed E-state index contributed by atoms with van der Waals surface area (Å²) in [6, 6.07) is 8.46. The van der Waals surface area contributed by atoms with Gasteiger partial charge in [0, 0.05) is 12.1 Å². The van der Waals surface area contributed by atoms with Gasteiger partial charge in [0.1, 0.15) is 12.4 Å². The minimum atomic E-state index is -0.854. The lowest BCUT2D eigenvalue weighted by atomic mass is 10.1. The summed E-state index contributed by atoms with van der Waals surface area (Å²) in [6.45, 7) is -0.143. The molecule has 0 bridgehead atoms. The van der Waals surface area contributed by atoms with Crippen molar-refractivity contribution in [3.05, 3.63) is 75.1 Å². The predicted octanol–water partition coefficient (Wildman–Crippen LogP) is 2.88. The first-order chi connectivity index (χ1) is 11.4. The van der Waals surface area contributed by atoms with Crippen LogP contribution >= 0.6 is 0 Å². The van der Waals surface area contributed by atoms with Gasteiger partial charge in [-0.15, -0.1) is 0 Å². The number of ether oxygens (including phenoxy) is 2. The van der Waals surface area contributed by atoms with Crippen molar-refractivity contribution in [2.45, 2.75) is 6.61 Å². The number of benzene rings is 2. The van der Waals surface area contributed by atoms with E-state index in [1.54, 1.807) is 0 Å². The fourth-order valence-corrected chi connectivity index (χ4v) is 1.88. The molecule has 0 aliphatic carbocycles. The van der Waals surface area contributed by atoms with Crippen molar-refractivity contribution in [1.29, 1.82) is 0 Å². The van der Waals surface area contributed by atoms with Crippen LogP contribution in [-0.2, 0) is 16.1 Å². The number of nitro benzene ring substituents is 1. The SMILES string of the molecule is COC(=O)c1cc(C(=O)OCc2ccc(F)cc2)cc([N+](=O)[O-])c1. The lowest BCUT2D eigenvalue weighted by Crippen LogP contribution is -2.09. The number of halogens is 1. The third kappa shape index (κ3) is 4.13. The fourth-order valence-electron chi connectivity index (χ4n) is 1.88. The second kappa shape index (κ2) is 7.32. The number of carbonyl (C=O) groups excluding carboxylic acids is 2. The van der Waals surface area contributed by atoms with Crippen LogP contribution in [0.2, 0.25) is 0 Å². The number of carbonyl (C=O) groups is 2. The van der Waals surface area contributed by atoms with E-state index in [1.807, 2.05) is 0 Å². The number of nitrogens with zero attached hydrogens (tertiary/aromatic N) is 1. The molecule has 2 rings (SSSR count). The smallest absolute Gasteiger partial charge is 0.338 e. The molecule has 0 saturated heterocycles. The van der Waals surface area contributed by atoms with Gasteiger partial charge in [0.2, 0.25) is 0 Å². The van der Waals surface area contributed by atoms with Crippen molar-refractivity contribution in [1.82, 2.24) is 0 Å². The number of hydrogen-bond acceptors (Lipinski definition) is 6. The zero-order valence-electron chi connectivity index (χ0n) is 12.5. The summed E-state index contributed by atoms with van der Waals surface area (Å²) in [5, 5.41) is 10.9. The first-order valence-electron chi connectivity index (χ1n) is 6.70. The van der Waals surface area contributed by atoms with Crippen LogP contribution in [0, 0.1) is 15.9 Å². The maximum atomic E-state index is 12.8. The molecule has 0 N–H and O–H groups in total. The Bertz CT molecular complexity index is 788. The van der Waals surface area contributed by atoms with E-state index in [1.165, 1.54) is 24.3 Å². The Kier molecular flexibility index (Phi) is 5.20. The van der Waals surface area contributed by atoms with Gasteiger partial charge < -0.3 is 9.47 Å². The van der Waals surface area contributed by atoms with E-state index in [-0.39, 0.29) is 17.7 Å². The fraction of sp³-hybridized carbons (Fsp3) is 0.125. The van der Waals surface area contributed by atoms with Crippen molar-refractivity contribution >= 4 is 17.6 Å². The third-order valence-corrected chi connectivity index (χ3v) is 3.07. The molecule has 0 aliphatic heterocycles.